The number of benzene rings is 1. The number of nitrogens with one attached hydrogen (secondary N) is 1. The van der Waals surface area contributed by atoms with E-state index in [9.17, 15) is 4.79 Å². The lowest BCUT2D eigenvalue weighted by Crippen LogP contribution is -2.49. The van der Waals surface area contributed by atoms with Gasteiger partial charge in [-0.25, -0.2) is 4.79 Å². The number of carbonyl (C=O) groups excluding carboxylic acids is 1. The van der Waals surface area contributed by atoms with Gasteiger partial charge in [-0.15, -0.1) is 0 Å². The molecule has 1 saturated heterocycles. The Kier molecular flexibility index (Phi) is 4.47. The van der Waals surface area contributed by atoms with Crippen molar-refractivity contribution in [2.24, 2.45) is 0 Å². The molecule has 1 aliphatic rings. The zero-order chi connectivity index (χ0) is 14.0. The van der Waals surface area contributed by atoms with E-state index in [0.29, 0.717) is 13.1 Å². The minimum atomic E-state index is -0.0660. The van der Waals surface area contributed by atoms with Crippen LogP contribution >= 0.6 is 15.9 Å². The van der Waals surface area contributed by atoms with Crippen LogP contribution in [0.2, 0.25) is 0 Å². The number of amides is 2. The molecule has 0 bridgehead atoms. The summed E-state index contributed by atoms with van der Waals surface area (Å²) in [4.78, 5) is 14.0. The molecule has 1 fully saturated rings. The molecule has 2 amide bonds. The third kappa shape index (κ3) is 3.70. The van der Waals surface area contributed by atoms with Gasteiger partial charge >= 0.3 is 6.03 Å². The Bertz CT molecular complexity index is 469. The van der Waals surface area contributed by atoms with Crippen molar-refractivity contribution in [2.75, 3.05) is 18.4 Å². The topological polar surface area (TPSA) is 41.6 Å². The van der Waals surface area contributed by atoms with E-state index in [1.807, 2.05) is 39.0 Å². The minimum absolute atomic E-state index is 0.0660. The van der Waals surface area contributed by atoms with Crippen LogP contribution in [0.1, 0.15) is 19.4 Å². The van der Waals surface area contributed by atoms with Crippen molar-refractivity contribution in [2.45, 2.75) is 33.0 Å². The number of hydrogen-bond donors (Lipinski definition) is 1. The number of anilines is 1. The molecule has 0 spiro atoms. The number of rotatable bonds is 1. The first-order valence-electron chi connectivity index (χ1n) is 6.43. The molecule has 1 heterocycles. The van der Waals surface area contributed by atoms with E-state index in [0.717, 1.165) is 15.7 Å². The van der Waals surface area contributed by atoms with Crippen molar-refractivity contribution >= 4 is 27.6 Å². The number of aryl methyl sites for hydroxylation is 1. The molecule has 0 unspecified atom stereocenters. The van der Waals surface area contributed by atoms with Crippen molar-refractivity contribution in [3.63, 3.8) is 0 Å². The van der Waals surface area contributed by atoms with E-state index in [4.69, 9.17) is 4.74 Å². The van der Waals surface area contributed by atoms with Crippen molar-refractivity contribution in [3.8, 4) is 0 Å². The molecule has 2 atom stereocenters. The Morgan fingerprint density at radius 3 is 2.58 bits per heavy atom. The lowest BCUT2D eigenvalue weighted by atomic mass is 10.2. The Hall–Kier alpha value is -1.07. The second-order valence-corrected chi connectivity index (χ2v) is 5.91. The lowest BCUT2D eigenvalue weighted by molar-refractivity contribution is -0.0530. The fraction of sp³-hybridized carbons (Fsp3) is 0.500. The fourth-order valence-corrected chi connectivity index (χ4v) is 2.52. The summed E-state index contributed by atoms with van der Waals surface area (Å²) in [7, 11) is 0. The highest BCUT2D eigenvalue weighted by molar-refractivity contribution is 9.10. The van der Waals surface area contributed by atoms with Crippen molar-refractivity contribution in [3.05, 3.63) is 28.2 Å². The first-order valence-corrected chi connectivity index (χ1v) is 7.22. The van der Waals surface area contributed by atoms with Crippen molar-refractivity contribution in [1.82, 2.24) is 4.90 Å². The predicted molar refractivity (Wildman–Crippen MR) is 79.5 cm³/mol. The molecule has 1 aliphatic heterocycles. The van der Waals surface area contributed by atoms with Crippen LogP contribution in [-0.4, -0.2) is 36.2 Å². The van der Waals surface area contributed by atoms with E-state index in [-0.39, 0.29) is 18.2 Å². The quantitative estimate of drug-likeness (QED) is 0.859. The molecule has 5 heteroatoms. The zero-order valence-corrected chi connectivity index (χ0v) is 13.0. The van der Waals surface area contributed by atoms with Gasteiger partial charge in [-0.2, -0.15) is 0 Å². The molecule has 19 heavy (non-hydrogen) atoms. The Morgan fingerprint density at radius 1 is 1.37 bits per heavy atom. The maximum absolute atomic E-state index is 12.2. The van der Waals surface area contributed by atoms with Gasteiger partial charge in [0.15, 0.2) is 0 Å². The summed E-state index contributed by atoms with van der Waals surface area (Å²) in [5.41, 5.74) is 1.92. The van der Waals surface area contributed by atoms with Gasteiger partial charge in [0.1, 0.15) is 0 Å². The van der Waals surface area contributed by atoms with Gasteiger partial charge in [-0.3, -0.25) is 0 Å². The summed E-state index contributed by atoms with van der Waals surface area (Å²) in [6.07, 6.45) is 0.169. The molecule has 104 valence electrons. The van der Waals surface area contributed by atoms with Crippen LogP contribution < -0.4 is 5.32 Å². The van der Waals surface area contributed by atoms with Gasteiger partial charge in [0.25, 0.3) is 0 Å². The number of ether oxygens (including phenoxy) is 1. The summed E-state index contributed by atoms with van der Waals surface area (Å²) in [5, 5.41) is 2.93. The van der Waals surface area contributed by atoms with Crippen LogP contribution in [-0.2, 0) is 4.74 Å². The molecular weight excluding hydrogens is 308 g/mol. The van der Waals surface area contributed by atoms with Crippen LogP contribution in [0, 0.1) is 6.92 Å². The summed E-state index contributed by atoms with van der Waals surface area (Å²) in [6.45, 7) is 7.23. The number of halogens is 1. The Balaban J connectivity index is 2.02. The monoisotopic (exact) mass is 326 g/mol. The number of carbonyl (C=O) groups is 1. The number of nitrogens with zero attached hydrogens (tertiary/aromatic N) is 1. The second-order valence-electron chi connectivity index (χ2n) is 5.06. The van der Waals surface area contributed by atoms with Gasteiger partial charge in [-0.1, -0.05) is 15.9 Å². The highest BCUT2D eigenvalue weighted by Crippen LogP contribution is 2.20. The summed E-state index contributed by atoms with van der Waals surface area (Å²) < 4.78 is 6.66. The fourth-order valence-electron chi connectivity index (χ4n) is 2.27. The molecule has 0 aromatic heterocycles. The average Bonchev–Trinajstić information content (AvgIpc) is 2.32. The number of morpholine rings is 1. The molecule has 1 aromatic rings. The first kappa shape index (κ1) is 14.3. The molecular formula is C14H19BrN2O2. The van der Waals surface area contributed by atoms with E-state index in [1.165, 1.54) is 0 Å². The molecule has 0 radical (unpaired) electrons. The second kappa shape index (κ2) is 5.92. The first-order chi connectivity index (χ1) is 8.95. The van der Waals surface area contributed by atoms with Crippen LogP contribution in [0.25, 0.3) is 0 Å². The van der Waals surface area contributed by atoms with Gasteiger partial charge in [0.05, 0.1) is 12.2 Å². The molecule has 0 saturated carbocycles. The molecule has 4 nitrogen and oxygen atoms in total. The van der Waals surface area contributed by atoms with Crippen molar-refractivity contribution < 1.29 is 9.53 Å². The summed E-state index contributed by atoms with van der Waals surface area (Å²) in [6, 6.07) is 5.72. The van der Waals surface area contributed by atoms with Gasteiger partial charge in [0.2, 0.25) is 0 Å². The highest BCUT2D eigenvalue weighted by atomic mass is 79.9. The molecule has 1 aromatic carbocycles. The summed E-state index contributed by atoms with van der Waals surface area (Å²) >= 11 is 3.45. The maximum Gasteiger partial charge on any atom is 0.322 e. The van der Waals surface area contributed by atoms with Crippen LogP contribution in [0.15, 0.2) is 22.7 Å². The standard InChI is InChI=1S/C14H19BrN2O2/c1-9-6-12(4-5-13(9)15)16-14(18)17-7-10(2)19-11(3)8-17/h4-6,10-11H,7-8H2,1-3H3,(H,16,18)/t10-,11-/m0/s1. The van der Waals surface area contributed by atoms with Gasteiger partial charge in [-0.05, 0) is 44.5 Å². The maximum atomic E-state index is 12.2. The van der Waals surface area contributed by atoms with E-state index >= 15 is 0 Å². The van der Waals surface area contributed by atoms with Crippen LogP contribution in [0.3, 0.4) is 0 Å². The summed E-state index contributed by atoms with van der Waals surface area (Å²) in [5.74, 6) is 0. The van der Waals surface area contributed by atoms with Crippen LogP contribution in [0.4, 0.5) is 10.5 Å². The van der Waals surface area contributed by atoms with Crippen LogP contribution in [0.5, 0.6) is 0 Å². The van der Waals surface area contributed by atoms with E-state index in [1.54, 1.807) is 4.90 Å². The largest absolute Gasteiger partial charge is 0.372 e. The minimum Gasteiger partial charge on any atom is -0.372 e. The zero-order valence-electron chi connectivity index (χ0n) is 11.4. The Labute approximate surface area is 122 Å². The Morgan fingerprint density at radius 2 is 2.00 bits per heavy atom. The number of hydrogen-bond acceptors (Lipinski definition) is 2. The number of urea groups is 1. The predicted octanol–water partition coefficient (Wildman–Crippen LogP) is 3.40. The normalized spacial score (nSPS) is 23.3. The smallest absolute Gasteiger partial charge is 0.322 e. The third-order valence-corrected chi connectivity index (χ3v) is 4.01. The lowest BCUT2D eigenvalue weighted by Gasteiger charge is -2.35. The van der Waals surface area contributed by atoms with Crippen molar-refractivity contribution in [1.29, 1.82) is 0 Å². The SMILES string of the molecule is Cc1cc(NC(=O)N2C[C@H](C)O[C@@H](C)C2)ccc1Br. The third-order valence-electron chi connectivity index (χ3n) is 3.12. The molecule has 1 N–H and O–H groups in total. The van der Waals surface area contributed by atoms with E-state index in [2.05, 4.69) is 21.2 Å². The molecule has 2 rings (SSSR count). The van der Waals surface area contributed by atoms with Gasteiger partial charge < -0.3 is 15.0 Å². The van der Waals surface area contributed by atoms with Gasteiger partial charge in [0, 0.05) is 23.2 Å². The molecule has 0 aliphatic carbocycles. The highest BCUT2D eigenvalue weighted by Gasteiger charge is 2.25. The van der Waals surface area contributed by atoms with E-state index < -0.39 is 0 Å². The average molecular weight is 327 g/mol.